The smallest absolute Gasteiger partial charge is 0.277 e. The first-order valence-corrected chi connectivity index (χ1v) is 11.8. The maximum Gasteiger partial charge on any atom is 0.277 e. The summed E-state index contributed by atoms with van der Waals surface area (Å²) in [5.74, 6) is 1.10. The molecule has 0 aromatic carbocycles. The monoisotopic (exact) mass is 436 g/mol. The minimum Gasteiger partial charge on any atom is -0.410 e. The molecule has 0 saturated carbocycles. The minimum atomic E-state index is -0.156. The molecule has 0 fully saturated rings. The molecule has 0 spiro atoms. The third kappa shape index (κ3) is 5.82. The topological polar surface area (TPSA) is 88.3 Å². The van der Waals surface area contributed by atoms with Crippen LogP contribution in [0.1, 0.15) is 44.6 Å². The van der Waals surface area contributed by atoms with Gasteiger partial charge in [0.25, 0.3) is 11.1 Å². The summed E-state index contributed by atoms with van der Waals surface area (Å²) in [7, 11) is 0. The standard InChI is InChI=1S/C20H28N4O3S2/c1-5-24(10-17(25)21-12(2)3)18(26)11-28-20-23-22-19(27-20)16-9-14-8-13(4)6-7-15(14)29-16/h9,12-13H,5-8,10-11H2,1-4H3,(H,21,25). The highest BCUT2D eigenvalue weighted by molar-refractivity contribution is 7.99. The molecule has 158 valence electrons. The number of fused-ring (bicyclic) bond motifs is 1. The lowest BCUT2D eigenvalue weighted by Crippen LogP contribution is -2.43. The Morgan fingerprint density at radius 1 is 1.41 bits per heavy atom. The number of thiophene rings is 1. The van der Waals surface area contributed by atoms with Gasteiger partial charge in [0, 0.05) is 17.5 Å². The molecule has 1 aliphatic carbocycles. The number of nitrogens with zero attached hydrogens (tertiary/aromatic N) is 3. The minimum absolute atomic E-state index is 0.0497. The molecule has 1 N–H and O–H groups in total. The molecule has 7 nitrogen and oxygen atoms in total. The van der Waals surface area contributed by atoms with Crippen molar-refractivity contribution in [2.24, 2.45) is 5.92 Å². The Kier molecular flexibility index (Phi) is 7.34. The molecular weight excluding hydrogens is 408 g/mol. The molecule has 1 aliphatic rings. The van der Waals surface area contributed by atoms with Crippen LogP contribution in [0.5, 0.6) is 0 Å². The van der Waals surface area contributed by atoms with E-state index in [1.165, 1.54) is 33.5 Å². The van der Waals surface area contributed by atoms with Crippen LogP contribution in [0.2, 0.25) is 0 Å². The van der Waals surface area contributed by atoms with Gasteiger partial charge >= 0.3 is 0 Å². The molecule has 2 aromatic heterocycles. The number of rotatable bonds is 8. The highest BCUT2D eigenvalue weighted by Gasteiger charge is 2.22. The number of nitrogens with one attached hydrogen (secondary N) is 1. The summed E-state index contributed by atoms with van der Waals surface area (Å²) in [4.78, 5) is 28.3. The van der Waals surface area contributed by atoms with Gasteiger partial charge in [-0.25, -0.2) is 0 Å². The zero-order chi connectivity index (χ0) is 21.0. The van der Waals surface area contributed by atoms with Crippen molar-refractivity contribution in [1.82, 2.24) is 20.4 Å². The average molecular weight is 437 g/mol. The van der Waals surface area contributed by atoms with Crippen LogP contribution in [0.4, 0.5) is 0 Å². The summed E-state index contributed by atoms with van der Waals surface area (Å²) in [6.07, 6.45) is 3.44. The van der Waals surface area contributed by atoms with Gasteiger partial charge in [0.2, 0.25) is 11.8 Å². The highest BCUT2D eigenvalue weighted by atomic mass is 32.2. The lowest BCUT2D eigenvalue weighted by atomic mass is 9.90. The fraction of sp³-hybridized carbons (Fsp3) is 0.600. The molecule has 1 unspecified atom stereocenters. The molecule has 29 heavy (non-hydrogen) atoms. The Hall–Kier alpha value is -1.87. The van der Waals surface area contributed by atoms with E-state index in [1.807, 2.05) is 20.8 Å². The number of aryl methyl sites for hydroxylation is 1. The normalized spacial score (nSPS) is 16.0. The van der Waals surface area contributed by atoms with Crippen molar-refractivity contribution in [3.63, 3.8) is 0 Å². The maximum absolute atomic E-state index is 12.4. The van der Waals surface area contributed by atoms with Crippen molar-refractivity contribution < 1.29 is 14.0 Å². The quantitative estimate of drug-likeness (QED) is 0.638. The number of carbonyl (C=O) groups is 2. The van der Waals surface area contributed by atoms with E-state index in [9.17, 15) is 9.59 Å². The van der Waals surface area contributed by atoms with Crippen molar-refractivity contribution in [1.29, 1.82) is 0 Å². The number of hydrogen-bond acceptors (Lipinski definition) is 7. The second kappa shape index (κ2) is 9.75. The zero-order valence-electron chi connectivity index (χ0n) is 17.4. The Labute approximate surface area is 179 Å². The predicted molar refractivity (Wildman–Crippen MR) is 115 cm³/mol. The predicted octanol–water partition coefficient (Wildman–Crippen LogP) is 3.39. The van der Waals surface area contributed by atoms with Gasteiger partial charge in [0.1, 0.15) is 0 Å². The van der Waals surface area contributed by atoms with E-state index in [-0.39, 0.29) is 30.2 Å². The van der Waals surface area contributed by atoms with E-state index < -0.39 is 0 Å². The number of hydrogen-bond donors (Lipinski definition) is 1. The van der Waals surface area contributed by atoms with Gasteiger partial charge in [0.15, 0.2) is 0 Å². The Morgan fingerprint density at radius 3 is 2.93 bits per heavy atom. The van der Waals surface area contributed by atoms with Crippen LogP contribution in [0.15, 0.2) is 15.7 Å². The van der Waals surface area contributed by atoms with Crippen LogP contribution in [-0.2, 0) is 22.4 Å². The van der Waals surface area contributed by atoms with E-state index in [4.69, 9.17) is 4.42 Å². The van der Waals surface area contributed by atoms with Gasteiger partial charge in [-0.3, -0.25) is 9.59 Å². The molecule has 0 bridgehead atoms. The molecule has 2 amide bonds. The van der Waals surface area contributed by atoms with Crippen molar-refractivity contribution in [2.75, 3.05) is 18.8 Å². The summed E-state index contributed by atoms with van der Waals surface area (Å²) < 4.78 is 5.77. The maximum atomic E-state index is 12.4. The number of aromatic nitrogens is 2. The summed E-state index contributed by atoms with van der Waals surface area (Å²) in [5.41, 5.74) is 1.39. The van der Waals surface area contributed by atoms with Crippen LogP contribution in [-0.4, -0.2) is 51.8 Å². The Bertz CT molecular complexity index is 862. The Balaban J connectivity index is 1.56. The molecule has 2 aromatic rings. The van der Waals surface area contributed by atoms with Crippen LogP contribution >= 0.6 is 23.1 Å². The SMILES string of the molecule is CCN(CC(=O)NC(C)C)C(=O)CSc1nnc(-c2cc3c(s2)CCC(C)C3)o1. The molecule has 9 heteroatoms. The van der Waals surface area contributed by atoms with Gasteiger partial charge in [-0.15, -0.1) is 21.5 Å². The van der Waals surface area contributed by atoms with Crippen molar-refractivity contribution in [3.8, 4) is 10.8 Å². The first-order chi connectivity index (χ1) is 13.9. The largest absolute Gasteiger partial charge is 0.410 e. The van der Waals surface area contributed by atoms with Gasteiger partial charge in [-0.1, -0.05) is 18.7 Å². The van der Waals surface area contributed by atoms with Gasteiger partial charge in [0.05, 0.1) is 17.2 Å². The van der Waals surface area contributed by atoms with E-state index >= 15 is 0 Å². The molecule has 0 aliphatic heterocycles. The first kappa shape index (κ1) is 21.8. The highest BCUT2D eigenvalue weighted by Crippen LogP contribution is 2.37. The number of carbonyl (C=O) groups excluding carboxylic acids is 2. The van der Waals surface area contributed by atoms with Crippen LogP contribution < -0.4 is 5.32 Å². The first-order valence-electron chi connectivity index (χ1n) is 10.0. The second-order valence-corrected chi connectivity index (χ2v) is 9.76. The van der Waals surface area contributed by atoms with E-state index in [0.717, 1.165) is 17.7 Å². The van der Waals surface area contributed by atoms with E-state index in [0.29, 0.717) is 23.6 Å². The summed E-state index contributed by atoms with van der Waals surface area (Å²) in [6.45, 7) is 8.45. The molecule has 0 saturated heterocycles. The second-order valence-electron chi connectivity index (χ2n) is 7.70. The van der Waals surface area contributed by atoms with Crippen LogP contribution in [0.25, 0.3) is 10.8 Å². The fourth-order valence-corrected chi connectivity index (χ4v) is 5.11. The third-order valence-electron chi connectivity index (χ3n) is 4.78. The number of likely N-dealkylation sites (N-methyl/N-ethyl adjacent to an activating group) is 1. The van der Waals surface area contributed by atoms with E-state index in [1.54, 1.807) is 11.3 Å². The summed E-state index contributed by atoms with van der Waals surface area (Å²) in [6, 6.07) is 2.21. The fourth-order valence-electron chi connectivity index (χ4n) is 3.31. The van der Waals surface area contributed by atoms with Crippen LogP contribution in [0, 0.1) is 5.92 Å². The lowest BCUT2D eigenvalue weighted by molar-refractivity contribution is -0.134. The lowest BCUT2D eigenvalue weighted by Gasteiger charge is -2.20. The third-order valence-corrected chi connectivity index (χ3v) is 6.81. The van der Waals surface area contributed by atoms with E-state index in [2.05, 4.69) is 28.5 Å². The van der Waals surface area contributed by atoms with Gasteiger partial charge in [-0.2, -0.15) is 0 Å². The Morgan fingerprint density at radius 2 is 2.21 bits per heavy atom. The molecular formula is C20H28N4O3S2. The average Bonchev–Trinajstić information content (AvgIpc) is 3.29. The molecule has 3 rings (SSSR count). The van der Waals surface area contributed by atoms with Crippen molar-refractivity contribution in [3.05, 3.63) is 16.5 Å². The van der Waals surface area contributed by atoms with Crippen LogP contribution in [0.3, 0.4) is 0 Å². The number of amides is 2. The van der Waals surface area contributed by atoms with Gasteiger partial charge in [-0.05, 0) is 57.6 Å². The zero-order valence-corrected chi connectivity index (χ0v) is 19.0. The summed E-state index contributed by atoms with van der Waals surface area (Å²) in [5, 5.41) is 11.4. The molecule has 2 heterocycles. The summed E-state index contributed by atoms with van der Waals surface area (Å²) >= 11 is 2.93. The van der Waals surface area contributed by atoms with Crippen molar-refractivity contribution in [2.45, 2.75) is 58.2 Å². The molecule has 0 radical (unpaired) electrons. The van der Waals surface area contributed by atoms with Crippen molar-refractivity contribution >= 4 is 34.9 Å². The number of thioether (sulfide) groups is 1. The molecule has 1 atom stereocenters. The van der Waals surface area contributed by atoms with Gasteiger partial charge < -0.3 is 14.6 Å².